The van der Waals surface area contributed by atoms with E-state index in [4.69, 9.17) is 0 Å². The number of nitrogens with zero attached hydrogens (tertiary/aromatic N) is 4. The highest BCUT2D eigenvalue weighted by Crippen LogP contribution is 2.19. The molecule has 1 atom stereocenters. The molecular weight excluding hydrogens is 268 g/mol. The van der Waals surface area contributed by atoms with E-state index in [0.717, 1.165) is 32.5 Å². The molecule has 0 radical (unpaired) electrons. The lowest BCUT2D eigenvalue weighted by molar-refractivity contribution is -0.135. The van der Waals surface area contributed by atoms with Crippen LogP contribution >= 0.6 is 0 Å². The fourth-order valence-electron chi connectivity index (χ4n) is 2.90. The van der Waals surface area contributed by atoms with Gasteiger partial charge in [-0.05, 0) is 33.9 Å². The molecule has 1 aromatic rings. The van der Waals surface area contributed by atoms with Crippen LogP contribution in [-0.4, -0.2) is 63.6 Å². The lowest BCUT2D eigenvalue weighted by atomic mass is 10.0. The maximum atomic E-state index is 12.3. The minimum Gasteiger partial charge on any atom is -0.385 e. The number of carbonyl (C=O) groups is 1. The zero-order valence-electron chi connectivity index (χ0n) is 13.2. The third-order valence-electron chi connectivity index (χ3n) is 4.30. The van der Waals surface area contributed by atoms with Crippen molar-refractivity contribution >= 4 is 5.91 Å². The van der Waals surface area contributed by atoms with Gasteiger partial charge in [0.2, 0.25) is 5.91 Å². The Morgan fingerprint density at radius 2 is 2.14 bits per heavy atom. The standard InChI is InChI=1S/C15H26N4O2/c1-4-18-10-7-16-15(18)13(20)11-14(21)19-8-5-12(6-9-19)17(2)3/h7,10,12-13,20H,4-6,8-9,11H2,1-3H3. The predicted molar refractivity (Wildman–Crippen MR) is 80.8 cm³/mol. The number of aliphatic hydroxyl groups excluding tert-OH is 1. The third kappa shape index (κ3) is 3.83. The molecule has 21 heavy (non-hydrogen) atoms. The topological polar surface area (TPSA) is 61.6 Å². The first-order valence-corrected chi connectivity index (χ1v) is 7.66. The number of piperidine rings is 1. The quantitative estimate of drug-likeness (QED) is 0.876. The summed E-state index contributed by atoms with van der Waals surface area (Å²) >= 11 is 0. The third-order valence-corrected chi connectivity index (χ3v) is 4.30. The number of aliphatic hydroxyl groups is 1. The molecule has 1 saturated heterocycles. The molecule has 6 heteroatoms. The number of amides is 1. The Morgan fingerprint density at radius 3 is 2.71 bits per heavy atom. The highest BCUT2D eigenvalue weighted by atomic mass is 16.3. The Kier molecular flexibility index (Phi) is 5.36. The monoisotopic (exact) mass is 294 g/mol. The SMILES string of the molecule is CCn1ccnc1C(O)CC(=O)N1CCC(N(C)C)CC1. The van der Waals surface area contributed by atoms with Crippen LogP contribution in [0.15, 0.2) is 12.4 Å². The Morgan fingerprint density at radius 1 is 1.48 bits per heavy atom. The van der Waals surface area contributed by atoms with Crippen molar-refractivity contribution in [1.82, 2.24) is 19.4 Å². The van der Waals surface area contributed by atoms with Crippen LogP contribution in [0, 0.1) is 0 Å². The summed E-state index contributed by atoms with van der Waals surface area (Å²) < 4.78 is 1.87. The first kappa shape index (κ1) is 16.0. The summed E-state index contributed by atoms with van der Waals surface area (Å²) in [4.78, 5) is 20.5. The van der Waals surface area contributed by atoms with Crippen molar-refractivity contribution in [3.05, 3.63) is 18.2 Å². The van der Waals surface area contributed by atoms with Crippen LogP contribution in [0.3, 0.4) is 0 Å². The van der Waals surface area contributed by atoms with E-state index in [1.807, 2.05) is 22.6 Å². The van der Waals surface area contributed by atoms with Gasteiger partial charge in [0.1, 0.15) is 11.9 Å². The molecule has 1 aliphatic heterocycles. The van der Waals surface area contributed by atoms with Crippen LogP contribution in [0.1, 0.15) is 38.1 Å². The van der Waals surface area contributed by atoms with E-state index in [0.29, 0.717) is 11.9 Å². The highest BCUT2D eigenvalue weighted by Gasteiger charge is 2.26. The first-order chi connectivity index (χ1) is 10.0. The number of hydrogen-bond donors (Lipinski definition) is 1. The number of rotatable bonds is 5. The lowest BCUT2D eigenvalue weighted by Gasteiger charge is -2.35. The molecule has 1 aromatic heterocycles. The van der Waals surface area contributed by atoms with E-state index in [-0.39, 0.29) is 12.3 Å². The average Bonchev–Trinajstić information content (AvgIpc) is 2.95. The molecule has 2 heterocycles. The summed E-state index contributed by atoms with van der Waals surface area (Å²) in [5.74, 6) is 0.597. The second-order valence-electron chi connectivity index (χ2n) is 5.87. The summed E-state index contributed by atoms with van der Waals surface area (Å²) in [5, 5.41) is 10.2. The number of hydrogen-bond acceptors (Lipinski definition) is 4. The van der Waals surface area contributed by atoms with Crippen molar-refractivity contribution in [3.8, 4) is 0 Å². The van der Waals surface area contributed by atoms with Crippen LogP contribution in [0.5, 0.6) is 0 Å². The van der Waals surface area contributed by atoms with Crippen LogP contribution in [0.25, 0.3) is 0 Å². The number of aromatic nitrogens is 2. The summed E-state index contributed by atoms with van der Waals surface area (Å²) in [5.41, 5.74) is 0. The van der Waals surface area contributed by atoms with Crippen LogP contribution in [0.4, 0.5) is 0 Å². The molecule has 0 spiro atoms. The van der Waals surface area contributed by atoms with Crippen molar-refractivity contribution in [3.63, 3.8) is 0 Å². The van der Waals surface area contributed by atoms with Gasteiger partial charge in [-0.15, -0.1) is 0 Å². The molecule has 0 bridgehead atoms. The number of imidazole rings is 1. The van der Waals surface area contributed by atoms with Crippen LogP contribution in [-0.2, 0) is 11.3 Å². The molecule has 118 valence electrons. The van der Waals surface area contributed by atoms with Crippen molar-refractivity contribution in [2.24, 2.45) is 0 Å². The van der Waals surface area contributed by atoms with Crippen LogP contribution < -0.4 is 0 Å². The molecule has 1 amide bonds. The van der Waals surface area contributed by atoms with Gasteiger partial charge in [0, 0.05) is 38.1 Å². The van der Waals surface area contributed by atoms with Gasteiger partial charge in [0.05, 0.1) is 6.42 Å². The number of aryl methyl sites for hydroxylation is 1. The van der Waals surface area contributed by atoms with Gasteiger partial charge in [-0.1, -0.05) is 0 Å². The molecule has 0 aliphatic carbocycles. The summed E-state index contributed by atoms with van der Waals surface area (Å²) in [6.07, 6.45) is 4.78. The van der Waals surface area contributed by atoms with E-state index in [1.165, 1.54) is 0 Å². The Labute approximate surface area is 126 Å². The molecule has 1 unspecified atom stereocenters. The summed E-state index contributed by atoms with van der Waals surface area (Å²) in [7, 11) is 4.16. The van der Waals surface area contributed by atoms with E-state index < -0.39 is 6.10 Å². The zero-order chi connectivity index (χ0) is 15.4. The van der Waals surface area contributed by atoms with Crippen LogP contribution in [0.2, 0.25) is 0 Å². The largest absolute Gasteiger partial charge is 0.385 e. The Hall–Kier alpha value is -1.40. The molecule has 1 aliphatic rings. The molecule has 6 nitrogen and oxygen atoms in total. The normalized spacial score (nSPS) is 18.2. The predicted octanol–water partition coefficient (Wildman–Crippen LogP) is 0.879. The second-order valence-corrected chi connectivity index (χ2v) is 5.87. The van der Waals surface area contributed by atoms with Gasteiger partial charge in [-0.3, -0.25) is 4.79 Å². The molecule has 0 aromatic carbocycles. The molecule has 2 rings (SSSR count). The first-order valence-electron chi connectivity index (χ1n) is 7.66. The minimum absolute atomic E-state index is 0.0189. The number of likely N-dealkylation sites (tertiary alicyclic amines) is 1. The maximum Gasteiger partial charge on any atom is 0.225 e. The van der Waals surface area contributed by atoms with Crippen molar-refractivity contribution in [2.75, 3.05) is 27.2 Å². The minimum atomic E-state index is -0.820. The highest BCUT2D eigenvalue weighted by molar-refractivity contribution is 5.76. The molecule has 1 fully saturated rings. The van der Waals surface area contributed by atoms with E-state index in [2.05, 4.69) is 24.0 Å². The average molecular weight is 294 g/mol. The van der Waals surface area contributed by atoms with Gasteiger partial charge >= 0.3 is 0 Å². The van der Waals surface area contributed by atoms with Gasteiger partial charge in [0.25, 0.3) is 0 Å². The van der Waals surface area contributed by atoms with Gasteiger partial charge in [0.15, 0.2) is 0 Å². The molecule has 0 saturated carbocycles. The summed E-state index contributed by atoms with van der Waals surface area (Å²) in [6, 6.07) is 0.554. The van der Waals surface area contributed by atoms with E-state index >= 15 is 0 Å². The van der Waals surface area contributed by atoms with Crippen molar-refractivity contribution in [1.29, 1.82) is 0 Å². The molecule has 1 N–H and O–H groups in total. The number of carbonyl (C=O) groups excluding carboxylic acids is 1. The fraction of sp³-hybridized carbons (Fsp3) is 0.733. The van der Waals surface area contributed by atoms with Gasteiger partial charge in [-0.2, -0.15) is 0 Å². The lowest BCUT2D eigenvalue weighted by Crippen LogP contribution is -2.44. The van der Waals surface area contributed by atoms with E-state index in [1.54, 1.807) is 6.20 Å². The smallest absolute Gasteiger partial charge is 0.225 e. The fourth-order valence-corrected chi connectivity index (χ4v) is 2.90. The van der Waals surface area contributed by atoms with Gasteiger partial charge < -0.3 is 19.5 Å². The maximum absolute atomic E-state index is 12.3. The Balaban J connectivity index is 1.87. The second kappa shape index (κ2) is 7.04. The zero-order valence-corrected chi connectivity index (χ0v) is 13.2. The van der Waals surface area contributed by atoms with Crippen molar-refractivity contribution < 1.29 is 9.90 Å². The summed E-state index contributed by atoms with van der Waals surface area (Å²) in [6.45, 7) is 4.29. The molecular formula is C15H26N4O2. The van der Waals surface area contributed by atoms with Crippen molar-refractivity contribution in [2.45, 2.75) is 44.9 Å². The van der Waals surface area contributed by atoms with E-state index in [9.17, 15) is 9.90 Å². The van der Waals surface area contributed by atoms with Gasteiger partial charge in [-0.25, -0.2) is 4.98 Å². The Bertz CT molecular complexity index is 464.